The number of furan rings is 1. The summed E-state index contributed by atoms with van der Waals surface area (Å²) >= 11 is 3.28. The van der Waals surface area contributed by atoms with Crippen molar-refractivity contribution in [1.29, 1.82) is 0 Å². The predicted octanol–water partition coefficient (Wildman–Crippen LogP) is 1.02. The molecule has 2 rings (SSSR count). The normalized spacial score (nSPS) is 19.9. The Morgan fingerprint density at radius 2 is 2.19 bits per heavy atom. The Morgan fingerprint density at radius 1 is 1.44 bits per heavy atom. The average Bonchev–Trinajstić information content (AvgIpc) is 2.74. The van der Waals surface area contributed by atoms with E-state index in [0.29, 0.717) is 0 Å². The van der Waals surface area contributed by atoms with Gasteiger partial charge in [0.2, 0.25) is 0 Å². The van der Waals surface area contributed by atoms with E-state index in [1.165, 1.54) is 0 Å². The van der Waals surface area contributed by atoms with Crippen LogP contribution in [0.1, 0.15) is 11.7 Å². The van der Waals surface area contributed by atoms with E-state index in [0.717, 1.165) is 43.2 Å². The molecule has 4 nitrogen and oxygen atoms in total. The van der Waals surface area contributed by atoms with Crippen molar-refractivity contribution in [3.8, 4) is 0 Å². The minimum atomic E-state index is 0.0735. The van der Waals surface area contributed by atoms with Gasteiger partial charge in [-0.1, -0.05) is 0 Å². The zero-order valence-electron chi connectivity index (χ0n) is 9.16. The van der Waals surface area contributed by atoms with Crippen molar-refractivity contribution in [2.24, 2.45) is 0 Å². The molecule has 5 heteroatoms. The second kappa shape index (κ2) is 5.82. The fourth-order valence-corrected chi connectivity index (χ4v) is 2.31. The van der Waals surface area contributed by atoms with Gasteiger partial charge in [0, 0.05) is 32.7 Å². The molecule has 2 N–H and O–H groups in total. The highest BCUT2D eigenvalue weighted by molar-refractivity contribution is 9.10. The molecule has 1 fully saturated rings. The van der Waals surface area contributed by atoms with E-state index in [1.807, 2.05) is 12.1 Å². The second-order valence-electron chi connectivity index (χ2n) is 4.07. The standard InChI is InChI=1S/C11H17BrN2O2/c12-11-2-1-10(16-11)9(8-15)7-14-5-3-13-4-6-14/h1-2,9,13,15H,3-8H2. The Morgan fingerprint density at radius 3 is 2.75 bits per heavy atom. The van der Waals surface area contributed by atoms with Crippen LogP contribution in [-0.4, -0.2) is 49.3 Å². The first kappa shape index (κ1) is 12.1. The SMILES string of the molecule is OCC(CN1CCNCC1)c1ccc(Br)o1. The van der Waals surface area contributed by atoms with E-state index in [9.17, 15) is 5.11 Å². The highest BCUT2D eigenvalue weighted by Gasteiger charge is 2.19. The van der Waals surface area contributed by atoms with Gasteiger partial charge in [0.25, 0.3) is 0 Å². The van der Waals surface area contributed by atoms with Gasteiger partial charge in [-0.05, 0) is 28.1 Å². The van der Waals surface area contributed by atoms with Crippen molar-refractivity contribution in [2.45, 2.75) is 5.92 Å². The van der Waals surface area contributed by atoms with E-state index >= 15 is 0 Å². The first-order valence-corrected chi connectivity index (χ1v) is 6.38. The predicted molar refractivity (Wildman–Crippen MR) is 65.5 cm³/mol. The molecule has 1 aromatic rings. The fourth-order valence-electron chi connectivity index (χ4n) is 1.99. The van der Waals surface area contributed by atoms with Gasteiger partial charge in [-0.15, -0.1) is 0 Å². The molecule has 1 unspecified atom stereocenters. The third-order valence-corrected chi connectivity index (χ3v) is 3.33. The topological polar surface area (TPSA) is 48.6 Å². The van der Waals surface area contributed by atoms with Gasteiger partial charge in [0.1, 0.15) is 5.76 Å². The van der Waals surface area contributed by atoms with E-state index in [1.54, 1.807) is 0 Å². The van der Waals surface area contributed by atoms with Crippen molar-refractivity contribution in [3.63, 3.8) is 0 Å². The number of piperazine rings is 1. The summed E-state index contributed by atoms with van der Waals surface area (Å²) in [5, 5.41) is 12.7. The van der Waals surface area contributed by atoms with E-state index in [2.05, 4.69) is 26.1 Å². The number of aliphatic hydroxyl groups excluding tert-OH is 1. The van der Waals surface area contributed by atoms with Crippen molar-refractivity contribution in [2.75, 3.05) is 39.3 Å². The van der Waals surface area contributed by atoms with Gasteiger partial charge in [-0.3, -0.25) is 4.90 Å². The Bertz CT molecular complexity index is 324. The Balaban J connectivity index is 1.94. The van der Waals surface area contributed by atoms with Crippen molar-refractivity contribution >= 4 is 15.9 Å². The van der Waals surface area contributed by atoms with Gasteiger partial charge >= 0.3 is 0 Å². The lowest BCUT2D eigenvalue weighted by molar-refractivity contribution is 0.174. The van der Waals surface area contributed by atoms with E-state index < -0.39 is 0 Å². The third-order valence-electron chi connectivity index (χ3n) is 2.90. The van der Waals surface area contributed by atoms with Crippen LogP contribution in [0.4, 0.5) is 0 Å². The summed E-state index contributed by atoms with van der Waals surface area (Å²) in [5.74, 6) is 0.928. The van der Waals surface area contributed by atoms with Crippen LogP contribution in [0, 0.1) is 0 Å². The van der Waals surface area contributed by atoms with Crippen molar-refractivity contribution in [1.82, 2.24) is 10.2 Å². The molecule has 0 bridgehead atoms. The van der Waals surface area contributed by atoms with Crippen LogP contribution in [0.25, 0.3) is 0 Å². The monoisotopic (exact) mass is 288 g/mol. The molecule has 1 saturated heterocycles. The summed E-state index contributed by atoms with van der Waals surface area (Å²) < 4.78 is 6.22. The third kappa shape index (κ3) is 3.07. The van der Waals surface area contributed by atoms with Crippen LogP contribution in [0.3, 0.4) is 0 Å². The molecule has 1 atom stereocenters. The number of nitrogens with one attached hydrogen (secondary N) is 1. The van der Waals surface area contributed by atoms with Crippen LogP contribution in [-0.2, 0) is 0 Å². The molecule has 16 heavy (non-hydrogen) atoms. The van der Waals surface area contributed by atoms with Crippen LogP contribution in [0.2, 0.25) is 0 Å². The lowest BCUT2D eigenvalue weighted by Gasteiger charge is -2.29. The lowest BCUT2D eigenvalue weighted by Crippen LogP contribution is -2.45. The molecule has 2 heterocycles. The van der Waals surface area contributed by atoms with Crippen LogP contribution in [0.15, 0.2) is 21.2 Å². The van der Waals surface area contributed by atoms with Crippen molar-refractivity contribution < 1.29 is 9.52 Å². The smallest absolute Gasteiger partial charge is 0.169 e. The first-order valence-electron chi connectivity index (χ1n) is 5.59. The van der Waals surface area contributed by atoms with E-state index in [-0.39, 0.29) is 12.5 Å². The van der Waals surface area contributed by atoms with Gasteiger partial charge in [-0.2, -0.15) is 0 Å². The summed E-state index contributed by atoms with van der Waals surface area (Å²) in [4.78, 5) is 2.35. The van der Waals surface area contributed by atoms with Crippen molar-refractivity contribution in [3.05, 3.63) is 22.6 Å². The molecule has 0 radical (unpaired) electrons. The average molecular weight is 289 g/mol. The Kier molecular flexibility index (Phi) is 4.40. The minimum absolute atomic E-state index is 0.0735. The fraction of sp³-hybridized carbons (Fsp3) is 0.636. The minimum Gasteiger partial charge on any atom is -0.454 e. The number of halogens is 1. The van der Waals surface area contributed by atoms with E-state index in [4.69, 9.17) is 4.42 Å². The highest BCUT2D eigenvalue weighted by atomic mass is 79.9. The Labute approximate surface area is 104 Å². The van der Waals surface area contributed by atoms with Gasteiger partial charge in [0.05, 0.1) is 12.5 Å². The zero-order chi connectivity index (χ0) is 11.4. The number of hydrogen-bond acceptors (Lipinski definition) is 4. The number of hydrogen-bond donors (Lipinski definition) is 2. The van der Waals surface area contributed by atoms with Gasteiger partial charge in [-0.25, -0.2) is 0 Å². The maximum absolute atomic E-state index is 9.40. The number of nitrogens with zero attached hydrogens (tertiary/aromatic N) is 1. The van der Waals surface area contributed by atoms with Crippen LogP contribution < -0.4 is 5.32 Å². The molecule has 1 aliphatic heterocycles. The molecule has 0 amide bonds. The molecule has 0 spiro atoms. The number of aliphatic hydroxyl groups is 1. The molecule has 0 aliphatic carbocycles. The highest BCUT2D eigenvalue weighted by Crippen LogP contribution is 2.22. The molecule has 90 valence electrons. The summed E-state index contributed by atoms with van der Waals surface area (Å²) in [6, 6.07) is 3.79. The molecule has 0 aromatic carbocycles. The molecule has 0 saturated carbocycles. The first-order chi connectivity index (χ1) is 7.79. The quantitative estimate of drug-likeness (QED) is 0.869. The lowest BCUT2D eigenvalue weighted by atomic mass is 10.1. The molecular weight excluding hydrogens is 272 g/mol. The number of rotatable bonds is 4. The van der Waals surface area contributed by atoms with Crippen LogP contribution >= 0.6 is 15.9 Å². The summed E-state index contributed by atoms with van der Waals surface area (Å²) in [5.41, 5.74) is 0. The summed E-state index contributed by atoms with van der Waals surface area (Å²) in [6.07, 6.45) is 0. The maximum Gasteiger partial charge on any atom is 0.169 e. The van der Waals surface area contributed by atoms with Gasteiger partial charge < -0.3 is 14.8 Å². The molecule has 1 aliphatic rings. The largest absolute Gasteiger partial charge is 0.454 e. The maximum atomic E-state index is 9.40. The molecular formula is C11H17BrN2O2. The summed E-state index contributed by atoms with van der Waals surface area (Å²) in [7, 11) is 0. The van der Waals surface area contributed by atoms with Gasteiger partial charge in [0.15, 0.2) is 4.67 Å². The molecule has 1 aromatic heterocycles. The van der Waals surface area contributed by atoms with Crippen LogP contribution in [0.5, 0.6) is 0 Å². The summed E-state index contributed by atoms with van der Waals surface area (Å²) in [6.45, 7) is 5.12. The Hall–Kier alpha value is -0.360. The zero-order valence-corrected chi connectivity index (χ0v) is 10.7. The second-order valence-corrected chi connectivity index (χ2v) is 4.85.